The molecule has 0 saturated carbocycles. The lowest BCUT2D eigenvalue weighted by molar-refractivity contribution is 0.756. The zero-order valence-corrected chi connectivity index (χ0v) is 25.2. The molecule has 2 atom stereocenters. The Bertz CT molecular complexity index is 2400. The molecule has 0 fully saturated rings. The summed E-state index contributed by atoms with van der Waals surface area (Å²) in [5.74, 6) is -0.0945. The number of hydrogen-bond donors (Lipinski definition) is 1. The Morgan fingerprint density at radius 1 is 0.667 bits per heavy atom. The number of rotatable bonds is 2. The first-order chi connectivity index (χ1) is 23.6. The lowest BCUT2D eigenvalue weighted by atomic mass is 9.69. The Balaban J connectivity index is 1.51. The normalized spacial score (nSPS) is 18.1. The number of nitrogens with zero attached hydrogens (tertiary/aromatic N) is 7. The molecular formula is C40H20N8. The van der Waals surface area contributed by atoms with Gasteiger partial charge in [-0.1, -0.05) is 84.9 Å². The summed E-state index contributed by atoms with van der Waals surface area (Å²) in [7, 11) is 0. The second-order valence-corrected chi connectivity index (χ2v) is 11.4. The fraction of sp³-hybridized carbons (Fsp3) is 0.0750. The summed E-state index contributed by atoms with van der Waals surface area (Å²) in [5.41, 5.74) is 7.13. The Morgan fingerprint density at radius 3 is 1.94 bits per heavy atom. The second kappa shape index (κ2) is 11.8. The van der Waals surface area contributed by atoms with Crippen LogP contribution < -0.4 is 5.32 Å². The number of fused-ring (bicyclic) bond motifs is 3. The molecule has 0 saturated heterocycles. The minimum atomic E-state index is -0.932. The van der Waals surface area contributed by atoms with Crippen LogP contribution in [0.5, 0.6) is 0 Å². The molecule has 1 N–H and O–H groups in total. The minimum Gasteiger partial charge on any atom is -0.370 e. The van der Waals surface area contributed by atoms with Crippen LogP contribution >= 0.6 is 0 Å². The number of nitrogens with one attached hydrogen (secondary N) is 1. The third kappa shape index (κ3) is 4.44. The molecule has 48 heavy (non-hydrogen) atoms. The molecular weight excluding hydrogens is 592 g/mol. The van der Waals surface area contributed by atoms with Crippen LogP contribution in [0, 0.1) is 68.0 Å². The van der Waals surface area contributed by atoms with E-state index in [1.807, 2.05) is 115 Å². The van der Waals surface area contributed by atoms with Gasteiger partial charge in [0.25, 0.3) is 0 Å². The van der Waals surface area contributed by atoms with Crippen molar-refractivity contribution in [2.24, 2.45) is 4.99 Å². The van der Waals surface area contributed by atoms with Gasteiger partial charge in [-0.2, -0.15) is 31.6 Å². The van der Waals surface area contributed by atoms with E-state index in [1.54, 1.807) is 0 Å². The van der Waals surface area contributed by atoms with Gasteiger partial charge in [0.1, 0.15) is 53.1 Å². The van der Waals surface area contributed by atoms with Gasteiger partial charge in [0.2, 0.25) is 0 Å². The summed E-state index contributed by atoms with van der Waals surface area (Å²) < 4.78 is 0. The molecule has 0 radical (unpaired) electrons. The van der Waals surface area contributed by atoms with Crippen molar-refractivity contribution in [1.29, 1.82) is 31.6 Å². The van der Waals surface area contributed by atoms with Gasteiger partial charge in [-0.15, -0.1) is 0 Å². The Labute approximate surface area is 276 Å². The fourth-order valence-corrected chi connectivity index (χ4v) is 6.89. The smallest absolute Gasteiger partial charge is 0.139 e. The van der Waals surface area contributed by atoms with Gasteiger partial charge < -0.3 is 5.32 Å². The van der Waals surface area contributed by atoms with Crippen molar-refractivity contribution in [2.45, 2.75) is 18.4 Å². The van der Waals surface area contributed by atoms with E-state index in [1.165, 1.54) is 0 Å². The van der Waals surface area contributed by atoms with Crippen LogP contribution in [0.15, 0.2) is 141 Å². The van der Waals surface area contributed by atoms with Crippen molar-refractivity contribution in [1.82, 2.24) is 5.32 Å². The van der Waals surface area contributed by atoms with Crippen LogP contribution in [0.25, 0.3) is 22.4 Å². The largest absolute Gasteiger partial charge is 0.370 e. The molecule has 8 heteroatoms. The van der Waals surface area contributed by atoms with Crippen molar-refractivity contribution in [3.05, 3.63) is 152 Å². The molecule has 1 heterocycles. The molecule has 7 rings (SSSR count). The molecule has 8 nitrogen and oxygen atoms in total. The quantitative estimate of drug-likeness (QED) is 0.304. The highest BCUT2D eigenvalue weighted by Gasteiger charge is 2.44. The fourth-order valence-electron chi connectivity index (χ4n) is 6.89. The van der Waals surface area contributed by atoms with E-state index in [-0.39, 0.29) is 22.6 Å². The topological polar surface area (TPSA) is 167 Å². The third-order valence-electron chi connectivity index (χ3n) is 8.98. The van der Waals surface area contributed by atoms with Crippen LogP contribution in [0.2, 0.25) is 0 Å². The van der Waals surface area contributed by atoms with Crippen LogP contribution in [0.3, 0.4) is 0 Å². The average Bonchev–Trinajstić information content (AvgIpc) is 3.45. The van der Waals surface area contributed by atoms with Crippen molar-refractivity contribution in [3.8, 4) is 47.5 Å². The number of benzene rings is 3. The van der Waals surface area contributed by atoms with E-state index >= 15 is 0 Å². The van der Waals surface area contributed by atoms with E-state index in [9.17, 15) is 31.6 Å². The monoisotopic (exact) mass is 612 g/mol. The van der Waals surface area contributed by atoms with Gasteiger partial charge in [0.15, 0.2) is 0 Å². The molecule has 3 aliphatic carbocycles. The lowest BCUT2D eigenvalue weighted by Crippen LogP contribution is -2.46. The maximum atomic E-state index is 10.2. The summed E-state index contributed by atoms with van der Waals surface area (Å²) in [6.45, 7) is 0. The van der Waals surface area contributed by atoms with Crippen molar-refractivity contribution in [2.75, 3.05) is 0 Å². The minimum absolute atomic E-state index is 0.0945. The summed E-state index contributed by atoms with van der Waals surface area (Å²) in [6.07, 6.45) is 4.24. The molecule has 3 aromatic carbocycles. The molecule has 3 aromatic rings. The van der Waals surface area contributed by atoms with Gasteiger partial charge in [-0.05, 0) is 45.9 Å². The van der Waals surface area contributed by atoms with Crippen molar-refractivity contribution >= 4 is 17.0 Å². The summed E-state index contributed by atoms with van der Waals surface area (Å²) in [6, 6.07) is 36.6. The van der Waals surface area contributed by atoms with Gasteiger partial charge >= 0.3 is 0 Å². The summed E-state index contributed by atoms with van der Waals surface area (Å²) in [4.78, 5) is 5.11. The van der Waals surface area contributed by atoms with Gasteiger partial charge in [0.05, 0.1) is 23.1 Å². The third-order valence-corrected chi connectivity index (χ3v) is 8.98. The highest BCUT2D eigenvalue weighted by molar-refractivity contribution is 6.19. The maximum absolute atomic E-state index is 10.2. The molecule has 0 spiro atoms. The van der Waals surface area contributed by atoms with E-state index in [0.717, 1.165) is 16.7 Å². The van der Waals surface area contributed by atoms with Gasteiger partial charge in [-0.25, -0.2) is 4.99 Å². The number of allylic oxidation sites excluding steroid dienone is 7. The maximum Gasteiger partial charge on any atom is 0.139 e. The predicted molar refractivity (Wildman–Crippen MR) is 178 cm³/mol. The Kier molecular flexibility index (Phi) is 7.18. The summed E-state index contributed by atoms with van der Waals surface area (Å²) >= 11 is 0. The van der Waals surface area contributed by atoms with Crippen LogP contribution in [0.1, 0.15) is 29.0 Å². The summed E-state index contributed by atoms with van der Waals surface area (Å²) in [5, 5.41) is 64.4. The lowest BCUT2D eigenvalue weighted by Gasteiger charge is -2.39. The predicted octanol–water partition coefficient (Wildman–Crippen LogP) is 6.99. The molecule has 0 aromatic heterocycles. The highest BCUT2D eigenvalue weighted by atomic mass is 15.0. The molecule has 0 amide bonds. The van der Waals surface area contributed by atoms with Crippen LogP contribution in [0.4, 0.5) is 0 Å². The number of aliphatic imine (C=N–C) groups is 1. The zero-order chi connectivity index (χ0) is 33.4. The highest BCUT2D eigenvalue weighted by Crippen LogP contribution is 2.50. The second-order valence-electron chi connectivity index (χ2n) is 11.4. The molecule has 4 aliphatic rings. The number of nitriles is 6. The van der Waals surface area contributed by atoms with E-state index < -0.39 is 6.04 Å². The molecule has 2 unspecified atom stereocenters. The SMILES string of the molecule is N#CC(C#N)=C1C2=NC3=C(NC2C(=C(C#N)C#N)C2=C1CC(c1ccccc1)C=C2)C(=C(C#N)C#N)c1cc(-c2ccccc2)ccc13. The molecule has 1 aliphatic heterocycles. The first-order valence-electron chi connectivity index (χ1n) is 15.0. The van der Waals surface area contributed by atoms with Crippen molar-refractivity contribution < 1.29 is 0 Å². The van der Waals surface area contributed by atoms with Crippen LogP contribution in [-0.2, 0) is 0 Å². The first-order valence-corrected chi connectivity index (χ1v) is 15.0. The van der Waals surface area contributed by atoms with Gasteiger partial charge in [-0.3, -0.25) is 0 Å². The first kappa shape index (κ1) is 29.2. The van der Waals surface area contributed by atoms with Crippen molar-refractivity contribution in [3.63, 3.8) is 0 Å². The van der Waals surface area contributed by atoms with E-state index in [0.29, 0.717) is 62.5 Å². The standard InChI is InChI=1S/C40H20N8/c41-17-27(18-42)34-30-13-11-25(23-7-3-1-4-8-23)15-32(30)35(28(19-43)20-44)40-39(34)48-38-36(29(21-45)22-46)33-16-26(24-9-5-2-6-10-24)12-14-31(33)37(38)47-40/h1-14,16,25,39,48H,15H2. The Morgan fingerprint density at radius 2 is 1.29 bits per heavy atom. The Hall–Kier alpha value is -7.49. The molecule has 0 bridgehead atoms. The molecule has 220 valence electrons. The van der Waals surface area contributed by atoms with E-state index in [4.69, 9.17) is 4.99 Å². The van der Waals surface area contributed by atoms with E-state index in [2.05, 4.69) is 17.5 Å². The zero-order valence-electron chi connectivity index (χ0n) is 25.2. The van der Waals surface area contributed by atoms with Crippen LogP contribution in [-0.4, -0.2) is 11.8 Å². The average molecular weight is 613 g/mol. The van der Waals surface area contributed by atoms with Gasteiger partial charge in [0, 0.05) is 28.2 Å². The number of hydrogen-bond acceptors (Lipinski definition) is 8.